The quantitative estimate of drug-likeness (QED) is 0.807. The summed E-state index contributed by atoms with van der Waals surface area (Å²) in [7, 11) is 0. The van der Waals surface area contributed by atoms with E-state index >= 15 is 0 Å². The van der Waals surface area contributed by atoms with Gasteiger partial charge in [-0.25, -0.2) is 4.39 Å². The second-order valence-electron chi connectivity index (χ2n) is 4.04. The highest BCUT2D eigenvalue weighted by atomic mass is 35.5. The molecule has 0 aromatic heterocycles. The molecule has 18 heavy (non-hydrogen) atoms. The number of amides is 1. The molecule has 2 N–H and O–H groups in total. The lowest BCUT2D eigenvalue weighted by atomic mass is 10.2. The van der Waals surface area contributed by atoms with Gasteiger partial charge in [0.15, 0.2) is 0 Å². The van der Waals surface area contributed by atoms with E-state index in [0.717, 1.165) is 0 Å². The number of nitrogens with one attached hydrogen (secondary N) is 1. The SMILES string of the molecule is CC(CO)CNC(=O)C=Cc1ccc(F)c(Cl)c1. The van der Waals surface area contributed by atoms with Crippen molar-refractivity contribution in [2.45, 2.75) is 6.92 Å². The summed E-state index contributed by atoms with van der Waals surface area (Å²) in [5, 5.41) is 11.4. The molecule has 1 rings (SSSR count). The Morgan fingerprint density at radius 3 is 2.94 bits per heavy atom. The molecule has 1 atom stereocenters. The fraction of sp³-hybridized carbons (Fsp3) is 0.308. The normalized spacial score (nSPS) is 12.7. The number of hydrogen-bond acceptors (Lipinski definition) is 2. The number of hydrogen-bond donors (Lipinski definition) is 2. The zero-order valence-corrected chi connectivity index (χ0v) is 10.7. The van der Waals surface area contributed by atoms with Gasteiger partial charge in [-0.05, 0) is 29.7 Å². The summed E-state index contributed by atoms with van der Waals surface area (Å²) in [6.07, 6.45) is 2.89. The molecule has 98 valence electrons. The molecule has 0 aliphatic heterocycles. The van der Waals surface area contributed by atoms with Crippen LogP contribution in [-0.2, 0) is 4.79 Å². The van der Waals surface area contributed by atoms with Crippen molar-refractivity contribution in [2.24, 2.45) is 5.92 Å². The minimum Gasteiger partial charge on any atom is -0.396 e. The van der Waals surface area contributed by atoms with Crippen LogP contribution in [0.1, 0.15) is 12.5 Å². The molecular formula is C13H15ClFNO2. The summed E-state index contributed by atoms with van der Waals surface area (Å²) in [4.78, 5) is 11.4. The predicted molar refractivity (Wildman–Crippen MR) is 69.7 cm³/mol. The first-order valence-corrected chi connectivity index (χ1v) is 5.92. The van der Waals surface area contributed by atoms with Gasteiger partial charge in [0, 0.05) is 19.2 Å². The minimum atomic E-state index is -0.491. The largest absolute Gasteiger partial charge is 0.396 e. The summed E-state index contributed by atoms with van der Waals surface area (Å²) < 4.78 is 12.9. The van der Waals surface area contributed by atoms with Gasteiger partial charge in [-0.15, -0.1) is 0 Å². The predicted octanol–water partition coefficient (Wildman–Crippen LogP) is 2.24. The van der Waals surface area contributed by atoms with Crippen LogP contribution in [0.3, 0.4) is 0 Å². The molecule has 0 fully saturated rings. The van der Waals surface area contributed by atoms with Crippen LogP contribution in [-0.4, -0.2) is 24.2 Å². The third kappa shape index (κ3) is 4.85. The zero-order valence-electron chi connectivity index (χ0n) is 9.99. The van der Waals surface area contributed by atoms with Gasteiger partial charge in [-0.2, -0.15) is 0 Å². The molecule has 0 radical (unpaired) electrons. The van der Waals surface area contributed by atoms with Crippen LogP contribution in [0, 0.1) is 11.7 Å². The molecular weight excluding hydrogens is 257 g/mol. The molecule has 0 aliphatic rings. The van der Waals surface area contributed by atoms with Crippen LogP contribution >= 0.6 is 11.6 Å². The van der Waals surface area contributed by atoms with Gasteiger partial charge in [0.25, 0.3) is 0 Å². The average Bonchev–Trinajstić information content (AvgIpc) is 2.37. The lowest BCUT2D eigenvalue weighted by Gasteiger charge is -2.07. The first-order valence-electron chi connectivity index (χ1n) is 5.54. The summed E-state index contributed by atoms with van der Waals surface area (Å²) >= 11 is 5.61. The van der Waals surface area contributed by atoms with E-state index < -0.39 is 5.82 Å². The monoisotopic (exact) mass is 271 g/mol. The molecule has 1 aromatic carbocycles. The first-order chi connectivity index (χ1) is 8.52. The number of aliphatic hydroxyl groups is 1. The van der Waals surface area contributed by atoms with Gasteiger partial charge in [-0.3, -0.25) is 4.79 Å². The fourth-order valence-corrected chi connectivity index (χ4v) is 1.38. The van der Waals surface area contributed by atoms with Crippen LogP contribution in [0.4, 0.5) is 4.39 Å². The Morgan fingerprint density at radius 1 is 1.61 bits per heavy atom. The lowest BCUT2D eigenvalue weighted by molar-refractivity contribution is -0.116. The van der Waals surface area contributed by atoms with Crippen molar-refractivity contribution in [1.82, 2.24) is 5.32 Å². The molecule has 0 saturated heterocycles. The molecule has 1 unspecified atom stereocenters. The van der Waals surface area contributed by atoms with E-state index in [1.165, 1.54) is 24.3 Å². The Labute approximate surface area is 110 Å². The first kappa shape index (κ1) is 14.7. The second-order valence-corrected chi connectivity index (χ2v) is 4.45. The topological polar surface area (TPSA) is 49.3 Å². The number of benzene rings is 1. The van der Waals surface area contributed by atoms with Crippen molar-refractivity contribution in [3.63, 3.8) is 0 Å². The number of aliphatic hydroxyl groups excluding tert-OH is 1. The van der Waals surface area contributed by atoms with Gasteiger partial charge in [0.2, 0.25) is 5.91 Å². The Balaban J connectivity index is 2.53. The summed E-state index contributed by atoms with van der Waals surface area (Å²) in [5.74, 6) is -0.742. The Bertz CT molecular complexity index is 449. The Morgan fingerprint density at radius 2 is 2.33 bits per heavy atom. The number of rotatable bonds is 5. The number of carbonyl (C=O) groups excluding carboxylic acids is 1. The Kier molecular flexibility index (Phi) is 5.82. The third-order valence-electron chi connectivity index (χ3n) is 2.31. The van der Waals surface area contributed by atoms with E-state index in [1.807, 2.05) is 6.92 Å². The number of halogens is 2. The molecule has 0 spiro atoms. The van der Waals surface area contributed by atoms with Crippen LogP contribution in [0.15, 0.2) is 24.3 Å². The molecule has 0 heterocycles. The molecule has 0 saturated carbocycles. The highest BCUT2D eigenvalue weighted by molar-refractivity contribution is 6.30. The van der Waals surface area contributed by atoms with Gasteiger partial charge in [0.1, 0.15) is 5.82 Å². The molecule has 0 bridgehead atoms. The molecule has 1 aromatic rings. The van der Waals surface area contributed by atoms with E-state index in [9.17, 15) is 9.18 Å². The minimum absolute atomic E-state index is 0.0163. The van der Waals surface area contributed by atoms with Gasteiger partial charge in [-0.1, -0.05) is 24.6 Å². The van der Waals surface area contributed by atoms with Gasteiger partial charge < -0.3 is 10.4 Å². The van der Waals surface area contributed by atoms with Crippen molar-refractivity contribution in [1.29, 1.82) is 0 Å². The number of carbonyl (C=O) groups is 1. The standard InChI is InChI=1S/C13H15ClFNO2/c1-9(8-17)7-16-13(18)5-3-10-2-4-12(15)11(14)6-10/h2-6,9,17H,7-8H2,1H3,(H,16,18). The van der Waals surface area contributed by atoms with Crippen LogP contribution < -0.4 is 5.32 Å². The average molecular weight is 272 g/mol. The fourth-order valence-electron chi connectivity index (χ4n) is 1.19. The van der Waals surface area contributed by atoms with Crippen LogP contribution in [0.25, 0.3) is 6.08 Å². The van der Waals surface area contributed by atoms with E-state index in [-0.39, 0.29) is 23.5 Å². The molecule has 1 amide bonds. The maximum Gasteiger partial charge on any atom is 0.244 e. The second kappa shape index (κ2) is 7.13. The summed E-state index contributed by atoms with van der Waals surface area (Å²) in [5.41, 5.74) is 0.645. The van der Waals surface area contributed by atoms with Crippen molar-refractivity contribution in [3.05, 3.63) is 40.7 Å². The van der Waals surface area contributed by atoms with E-state index in [4.69, 9.17) is 16.7 Å². The van der Waals surface area contributed by atoms with E-state index in [0.29, 0.717) is 12.1 Å². The lowest BCUT2D eigenvalue weighted by Crippen LogP contribution is -2.27. The highest BCUT2D eigenvalue weighted by Crippen LogP contribution is 2.16. The van der Waals surface area contributed by atoms with Crippen molar-refractivity contribution >= 4 is 23.6 Å². The zero-order chi connectivity index (χ0) is 13.5. The molecule has 0 aliphatic carbocycles. The van der Waals surface area contributed by atoms with Crippen molar-refractivity contribution < 1.29 is 14.3 Å². The smallest absolute Gasteiger partial charge is 0.244 e. The Hall–Kier alpha value is -1.39. The third-order valence-corrected chi connectivity index (χ3v) is 2.60. The molecule has 3 nitrogen and oxygen atoms in total. The maximum atomic E-state index is 12.9. The van der Waals surface area contributed by atoms with E-state index in [2.05, 4.69) is 5.32 Å². The summed E-state index contributed by atoms with van der Waals surface area (Å²) in [6.45, 7) is 2.26. The van der Waals surface area contributed by atoms with Crippen molar-refractivity contribution in [2.75, 3.05) is 13.2 Å². The van der Waals surface area contributed by atoms with Gasteiger partial charge in [0.05, 0.1) is 5.02 Å². The van der Waals surface area contributed by atoms with Crippen LogP contribution in [0.2, 0.25) is 5.02 Å². The highest BCUT2D eigenvalue weighted by Gasteiger charge is 2.02. The molecule has 5 heteroatoms. The maximum absolute atomic E-state index is 12.9. The van der Waals surface area contributed by atoms with Gasteiger partial charge >= 0.3 is 0 Å². The van der Waals surface area contributed by atoms with Crippen molar-refractivity contribution in [3.8, 4) is 0 Å². The van der Waals surface area contributed by atoms with E-state index in [1.54, 1.807) is 6.08 Å². The van der Waals surface area contributed by atoms with Crippen LogP contribution in [0.5, 0.6) is 0 Å². The summed E-state index contributed by atoms with van der Waals surface area (Å²) in [6, 6.07) is 4.21.